The quantitative estimate of drug-likeness (QED) is 0.647. The van der Waals surface area contributed by atoms with Crippen LogP contribution < -0.4 is 0 Å². The minimum absolute atomic E-state index is 0.00185. The van der Waals surface area contributed by atoms with Crippen molar-refractivity contribution in [2.75, 3.05) is 13.1 Å². The van der Waals surface area contributed by atoms with Crippen LogP contribution in [0.4, 0.5) is 0 Å². The van der Waals surface area contributed by atoms with Gasteiger partial charge in [-0.05, 0) is 25.7 Å². The molecule has 1 aliphatic rings. The fraction of sp³-hybridized carbons (Fsp3) is 0.667. The second-order valence-corrected chi connectivity index (χ2v) is 4.09. The van der Waals surface area contributed by atoms with E-state index in [-0.39, 0.29) is 5.91 Å². The van der Waals surface area contributed by atoms with Crippen molar-refractivity contribution in [1.29, 1.82) is 5.26 Å². The highest BCUT2D eigenvalue weighted by atomic mass is 16.2. The lowest BCUT2D eigenvalue weighted by molar-refractivity contribution is -0.142. The van der Waals surface area contributed by atoms with Gasteiger partial charge in [0, 0.05) is 13.1 Å². The summed E-state index contributed by atoms with van der Waals surface area (Å²) in [5, 5.41) is 9.07. The number of hydrogen-bond donors (Lipinski definition) is 0. The summed E-state index contributed by atoms with van der Waals surface area (Å²) in [5.41, 5.74) is -0.710. The lowest BCUT2D eigenvalue weighted by Crippen LogP contribution is -2.47. The van der Waals surface area contributed by atoms with Gasteiger partial charge in [0.1, 0.15) is 5.41 Å². The molecule has 0 aromatic heterocycles. The van der Waals surface area contributed by atoms with Gasteiger partial charge in [-0.1, -0.05) is 13.0 Å². The third-order valence-corrected chi connectivity index (χ3v) is 2.96. The molecule has 0 unspecified atom stereocenters. The highest BCUT2D eigenvalue weighted by molar-refractivity contribution is 5.86. The standard InChI is InChI=1S/C12H18N2O/c1-3-8-14(9-4-2)11(15)12(10-13)6-5-7-12/h3H,1,4-9H2,2H3. The molecule has 0 bridgehead atoms. The molecule has 0 aromatic rings. The maximum absolute atomic E-state index is 12.1. The van der Waals surface area contributed by atoms with Crippen LogP contribution in [-0.4, -0.2) is 23.9 Å². The zero-order chi connectivity index (χ0) is 11.3. The Morgan fingerprint density at radius 2 is 2.33 bits per heavy atom. The molecular weight excluding hydrogens is 188 g/mol. The molecule has 0 N–H and O–H groups in total. The number of nitriles is 1. The Morgan fingerprint density at radius 1 is 1.67 bits per heavy atom. The van der Waals surface area contributed by atoms with E-state index in [1.54, 1.807) is 11.0 Å². The van der Waals surface area contributed by atoms with Gasteiger partial charge in [-0.15, -0.1) is 6.58 Å². The molecule has 1 amide bonds. The number of nitrogens with zero attached hydrogens (tertiary/aromatic N) is 2. The van der Waals surface area contributed by atoms with Crippen LogP contribution in [0.25, 0.3) is 0 Å². The third-order valence-electron chi connectivity index (χ3n) is 2.96. The Bertz CT molecular complexity index is 286. The molecule has 1 fully saturated rings. The first-order valence-electron chi connectivity index (χ1n) is 5.51. The van der Waals surface area contributed by atoms with Gasteiger partial charge >= 0.3 is 0 Å². The van der Waals surface area contributed by atoms with E-state index < -0.39 is 5.41 Å². The summed E-state index contributed by atoms with van der Waals surface area (Å²) in [6.07, 6.45) is 5.07. The monoisotopic (exact) mass is 206 g/mol. The minimum Gasteiger partial charge on any atom is -0.338 e. The van der Waals surface area contributed by atoms with Crippen molar-refractivity contribution in [3.63, 3.8) is 0 Å². The normalized spacial score (nSPS) is 17.3. The molecule has 82 valence electrons. The Hall–Kier alpha value is -1.30. The average molecular weight is 206 g/mol. The van der Waals surface area contributed by atoms with Crippen molar-refractivity contribution in [2.24, 2.45) is 5.41 Å². The summed E-state index contributed by atoms with van der Waals surface area (Å²) in [6, 6.07) is 2.19. The topological polar surface area (TPSA) is 44.1 Å². The molecule has 1 aliphatic carbocycles. The average Bonchev–Trinajstić information content (AvgIpc) is 2.16. The molecule has 1 saturated carbocycles. The van der Waals surface area contributed by atoms with Crippen molar-refractivity contribution in [3.8, 4) is 6.07 Å². The van der Waals surface area contributed by atoms with E-state index >= 15 is 0 Å². The van der Waals surface area contributed by atoms with Crippen molar-refractivity contribution >= 4 is 5.91 Å². The first-order valence-corrected chi connectivity index (χ1v) is 5.51. The van der Waals surface area contributed by atoms with Gasteiger partial charge in [0.05, 0.1) is 6.07 Å². The summed E-state index contributed by atoms with van der Waals surface area (Å²) in [5.74, 6) is -0.00185. The van der Waals surface area contributed by atoms with Gasteiger partial charge < -0.3 is 4.90 Å². The smallest absolute Gasteiger partial charge is 0.243 e. The van der Waals surface area contributed by atoms with E-state index in [2.05, 4.69) is 12.6 Å². The molecule has 0 aromatic carbocycles. The van der Waals surface area contributed by atoms with Crippen LogP contribution in [0.2, 0.25) is 0 Å². The van der Waals surface area contributed by atoms with Crippen LogP contribution in [0.3, 0.4) is 0 Å². The van der Waals surface area contributed by atoms with Gasteiger partial charge in [0.2, 0.25) is 5.91 Å². The van der Waals surface area contributed by atoms with E-state index in [0.29, 0.717) is 13.1 Å². The highest BCUT2D eigenvalue weighted by Crippen LogP contribution is 2.41. The van der Waals surface area contributed by atoms with Crippen LogP contribution in [-0.2, 0) is 4.79 Å². The van der Waals surface area contributed by atoms with Crippen molar-refractivity contribution < 1.29 is 4.79 Å². The lowest BCUT2D eigenvalue weighted by atomic mass is 9.69. The third kappa shape index (κ3) is 2.20. The first-order chi connectivity index (χ1) is 7.20. The van der Waals surface area contributed by atoms with Gasteiger partial charge in [-0.2, -0.15) is 5.26 Å². The maximum Gasteiger partial charge on any atom is 0.243 e. The second-order valence-electron chi connectivity index (χ2n) is 4.09. The molecule has 0 heterocycles. The van der Waals surface area contributed by atoms with Crippen molar-refractivity contribution in [2.45, 2.75) is 32.6 Å². The number of hydrogen-bond acceptors (Lipinski definition) is 2. The van der Waals surface area contributed by atoms with E-state index in [1.807, 2.05) is 6.92 Å². The number of rotatable bonds is 5. The molecule has 0 radical (unpaired) electrons. The fourth-order valence-corrected chi connectivity index (χ4v) is 1.91. The number of carbonyl (C=O) groups excluding carboxylic acids is 1. The SMILES string of the molecule is C=CCN(CCC)C(=O)C1(C#N)CCC1. The van der Waals surface area contributed by atoms with Gasteiger partial charge in [0.25, 0.3) is 0 Å². The van der Waals surface area contributed by atoms with Crippen LogP contribution in [0, 0.1) is 16.7 Å². The zero-order valence-corrected chi connectivity index (χ0v) is 9.33. The lowest BCUT2D eigenvalue weighted by Gasteiger charge is -2.37. The summed E-state index contributed by atoms with van der Waals surface area (Å²) < 4.78 is 0. The molecule has 1 rings (SSSR count). The highest BCUT2D eigenvalue weighted by Gasteiger charge is 2.46. The molecule has 15 heavy (non-hydrogen) atoms. The molecule has 3 nitrogen and oxygen atoms in total. The molecule has 0 atom stereocenters. The molecule has 0 aliphatic heterocycles. The van der Waals surface area contributed by atoms with E-state index in [0.717, 1.165) is 25.7 Å². The van der Waals surface area contributed by atoms with Crippen LogP contribution in [0.5, 0.6) is 0 Å². The van der Waals surface area contributed by atoms with Crippen LogP contribution in [0.15, 0.2) is 12.7 Å². The summed E-state index contributed by atoms with van der Waals surface area (Å²) in [6.45, 7) is 6.94. The van der Waals surface area contributed by atoms with Gasteiger partial charge in [-0.3, -0.25) is 4.79 Å². The number of amides is 1. The molecule has 3 heteroatoms. The number of carbonyl (C=O) groups is 1. The summed E-state index contributed by atoms with van der Waals surface area (Å²) in [7, 11) is 0. The van der Waals surface area contributed by atoms with Crippen molar-refractivity contribution in [1.82, 2.24) is 4.90 Å². The molecular formula is C12H18N2O. The zero-order valence-electron chi connectivity index (χ0n) is 9.33. The molecule has 0 saturated heterocycles. The Labute approximate surface area is 91.4 Å². The van der Waals surface area contributed by atoms with E-state index in [9.17, 15) is 4.79 Å². The van der Waals surface area contributed by atoms with Gasteiger partial charge in [0.15, 0.2) is 0 Å². The van der Waals surface area contributed by atoms with Crippen LogP contribution in [0.1, 0.15) is 32.6 Å². The molecule has 0 spiro atoms. The summed E-state index contributed by atoms with van der Waals surface area (Å²) >= 11 is 0. The Morgan fingerprint density at radius 3 is 2.67 bits per heavy atom. The fourth-order valence-electron chi connectivity index (χ4n) is 1.91. The van der Waals surface area contributed by atoms with E-state index in [1.165, 1.54) is 0 Å². The minimum atomic E-state index is -0.710. The summed E-state index contributed by atoms with van der Waals surface area (Å²) in [4.78, 5) is 13.9. The Balaban J connectivity index is 2.70. The maximum atomic E-state index is 12.1. The largest absolute Gasteiger partial charge is 0.338 e. The Kier molecular flexibility index (Phi) is 3.90. The first kappa shape index (κ1) is 11.8. The van der Waals surface area contributed by atoms with Gasteiger partial charge in [-0.25, -0.2) is 0 Å². The predicted molar refractivity (Wildman–Crippen MR) is 59.0 cm³/mol. The second kappa shape index (κ2) is 4.97. The van der Waals surface area contributed by atoms with Crippen molar-refractivity contribution in [3.05, 3.63) is 12.7 Å². The van der Waals surface area contributed by atoms with E-state index in [4.69, 9.17) is 5.26 Å². The van der Waals surface area contributed by atoms with Crippen LogP contribution >= 0.6 is 0 Å². The predicted octanol–water partition coefficient (Wildman–Crippen LogP) is 2.10.